The first kappa shape index (κ1) is 8.54. The lowest BCUT2D eigenvalue weighted by atomic mass is 10.6. The number of nitrogens with zero attached hydrogens (tertiary/aromatic N) is 3. The smallest absolute Gasteiger partial charge is 0.187 e. The van der Waals surface area contributed by atoms with Crippen molar-refractivity contribution in [2.24, 2.45) is 27.5 Å². The van der Waals surface area contributed by atoms with Crippen LogP contribution in [0.5, 0.6) is 0 Å². The highest BCUT2D eigenvalue weighted by Gasteiger charge is 1.96. The van der Waals surface area contributed by atoms with Gasteiger partial charge in [-0.1, -0.05) is 0 Å². The molecule has 0 aliphatic rings. The molecule has 0 aliphatic carbocycles. The van der Waals surface area contributed by atoms with Crippen LogP contribution in [0.3, 0.4) is 0 Å². The molecule has 0 heterocycles. The highest BCUT2D eigenvalue weighted by molar-refractivity contribution is 6.39. The minimum atomic E-state index is 0.0358. The zero-order valence-electron chi connectivity index (χ0n) is 6.07. The molecule has 6 nitrogen and oxygen atoms in total. The zero-order chi connectivity index (χ0) is 8.15. The van der Waals surface area contributed by atoms with E-state index in [1.807, 2.05) is 0 Å². The van der Waals surface area contributed by atoms with E-state index < -0.39 is 0 Å². The molecule has 0 spiro atoms. The highest BCUT2D eigenvalue weighted by Crippen LogP contribution is 1.75. The first-order valence-electron chi connectivity index (χ1n) is 2.63. The molecule has 0 aromatic heterocycles. The summed E-state index contributed by atoms with van der Waals surface area (Å²) < 4.78 is 0. The summed E-state index contributed by atoms with van der Waals surface area (Å²) in [5.74, 6) is 4.99. The van der Waals surface area contributed by atoms with E-state index >= 15 is 0 Å². The second-order valence-electron chi connectivity index (χ2n) is 1.85. The Morgan fingerprint density at radius 2 is 1.70 bits per heavy atom. The maximum Gasteiger partial charge on any atom is 0.187 e. The molecule has 0 radical (unpaired) electrons. The Bertz CT molecular complexity index is 157. The Hall–Kier alpha value is -1.46. The van der Waals surface area contributed by atoms with Gasteiger partial charge in [-0.05, 0) is 0 Å². The van der Waals surface area contributed by atoms with Crippen LogP contribution in [0.4, 0.5) is 0 Å². The highest BCUT2D eigenvalue weighted by atomic mass is 15.4. The van der Waals surface area contributed by atoms with Gasteiger partial charge in [-0.15, -0.1) is 0 Å². The zero-order valence-corrected chi connectivity index (χ0v) is 6.07. The van der Waals surface area contributed by atoms with E-state index in [0.717, 1.165) is 0 Å². The first-order chi connectivity index (χ1) is 4.57. The van der Waals surface area contributed by atoms with Gasteiger partial charge in [0.25, 0.3) is 0 Å². The van der Waals surface area contributed by atoms with Crippen LogP contribution in [0.15, 0.2) is 10.2 Å². The number of amidine groups is 2. The van der Waals surface area contributed by atoms with Crippen molar-refractivity contribution in [2.45, 2.75) is 0 Å². The molecule has 0 amide bonds. The number of nitrogens with two attached hydrogens (primary N) is 3. The lowest BCUT2D eigenvalue weighted by molar-refractivity contribution is 0.438. The average molecular weight is 144 g/mol. The van der Waals surface area contributed by atoms with Crippen LogP contribution in [0.2, 0.25) is 0 Å². The van der Waals surface area contributed by atoms with Gasteiger partial charge >= 0.3 is 0 Å². The van der Waals surface area contributed by atoms with Crippen molar-refractivity contribution in [2.75, 3.05) is 14.1 Å². The van der Waals surface area contributed by atoms with Gasteiger partial charge in [0.1, 0.15) is 0 Å². The first-order valence-corrected chi connectivity index (χ1v) is 2.63. The van der Waals surface area contributed by atoms with E-state index in [0.29, 0.717) is 0 Å². The van der Waals surface area contributed by atoms with Gasteiger partial charge in [-0.3, -0.25) is 0 Å². The SMILES string of the molecule is CN(C)/N=C(N)/C(N)=N/N. The molecule has 6 N–H and O–H groups in total. The lowest BCUT2D eigenvalue weighted by Gasteiger charge is -2.04. The molecule has 0 saturated carbocycles. The number of hydrazone groups is 2. The maximum atomic E-state index is 5.30. The minimum absolute atomic E-state index is 0.0358. The van der Waals surface area contributed by atoms with Crippen molar-refractivity contribution in [1.82, 2.24) is 5.01 Å². The molecule has 0 atom stereocenters. The Labute approximate surface area is 59.3 Å². The summed E-state index contributed by atoms with van der Waals surface area (Å²) in [6.07, 6.45) is 0. The lowest BCUT2D eigenvalue weighted by Crippen LogP contribution is -2.34. The van der Waals surface area contributed by atoms with Gasteiger partial charge in [0, 0.05) is 14.1 Å². The molecule has 0 aromatic rings. The van der Waals surface area contributed by atoms with Crippen molar-refractivity contribution < 1.29 is 0 Å². The summed E-state index contributed by atoms with van der Waals surface area (Å²) >= 11 is 0. The fraction of sp³-hybridized carbons (Fsp3) is 0.500. The average Bonchev–Trinajstić information content (AvgIpc) is 1.85. The molecule has 0 aliphatic heterocycles. The normalized spacial score (nSPS) is 13.4. The Kier molecular flexibility index (Phi) is 3.03. The third-order valence-corrected chi connectivity index (χ3v) is 0.709. The molecule has 10 heavy (non-hydrogen) atoms. The summed E-state index contributed by atoms with van der Waals surface area (Å²) in [4.78, 5) is 0. The molecule has 0 saturated heterocycles. The van der Waals surface area contributed by atoms with Crippen molar-refractivity contribution in [3.05, 3.63) is 0 Å². The number of rotatable bonds is 1. The molecular weight excluding hydrogens is 132 g/mol. The molecule has 0 bridgehead atoms. The van der Waals surface area contributed by atoms with E-state index in [4.69, 9.17) is 17.3 Å². The Balaban J connectivity index is 4.20. The van der Waals surface area contributed by atoms with E-state index in [1.54, 1.807) is 14.1 Å². The summed E-state index contributed by atoms with van der Waals surface area (Å²) in [5, 5.41) is 8.40. The van der Waals surface area contributed by atoms with E-state index in [2.05, 4.69) is 10.2 Å². The molecule has 0 unspecified atom stereocenters. The fourth-order valence-corrected chi connectivity index (χ4v) is 0.333. The van der Waals surface area contributed by atoms with Crippen LogP contribution in [0.1, 0.15) is 0 Å². The number of hydrogen-bond acceptors (Lipinski definition) is 4. The summed E-state index contributed by atoms with van der Waals surface area (Å²) in [6.45, 7) is 0. The molecule has 0 rings (SSSR count). The Morgan fingerprint density at radius 1 is 1.20 bits per heavy atom. The standard InChI is InChI=1S/C4H12N6/c1-10(2)9-4(6)3(5)8-7/h7H2,1-2H3,(H2,5,8)(H2,6,9). The van der Waals surface area contributed by atoms with Crippen molar-refractivity contribution >= 4 is 11.7 Å². The van der Waals surface area contributed by atoms with Gasteiger partial charge in [-0.2, -0.15) is 10.2 Å². The molecule has 0 fully saturated rings. The van der Waals surface area contributed by atoms with E-state index in [1.165, 1.54) is 5.01 Å². The molecular formula is C4H12N6. The number of hydrogen-bond donors (Lipinski definition) is 3. The minimum Gasteiger partial charge on any atom is -0.379 e. The van der Waals surface area contributed by atoms with E-state index in [9.17, 15) is 0 Å². The summed E-state index contributed by atoms with van der Waals surface area (Å²) in [7, 11) is 3.44. The molecule has 6 heteroatoms. The second kappa shape index (κ2) is 3.54. The predicted molar refractivity (Wildman–Crippen MR) is 41.1 cm³/mol. The van der Waals surface area contributed by atoms with Gasteiger partial charge in [-0.25, -0.2) is 0 Å². The monoisotopic (exact) mass is 144 g/mol. The predicted octanol–water partition coefficient (Wildman–Crippen LogP) is -1.95. The van der Waals surface area contributed by atoms with Gasteiger partial charge in [0.2, 0.25) is 0 Å². The second-order valence-corrected chi connectivity index (χ2v) is 1.85. The van der Waals surface area contributed by atoms with Crippen LogP contribution in [0, 0.1) is 0 Å². The largest absolute Gasteiger partial charge is 0.379 e. The summed E-state index contributed by atoms with van der Waals surface area (Å²) in [6, 6.07) is 0. The van der Waals surface area contributed by atoms with Crippen LogP contribution < -0.4 is 17.3 Å². The van der Waals surface area contributed by atoms with Crippen LogP contribution in [0.25, 0.3) is 0 Å². The van der Waals surface area contributed by atoms with Gasteiger partial charge < -0.3 is 22.3 Å². The van der Waals surface area contributed by atoms with Crippen LogP contribution >= 0.6 is 0 Å². The Morgan fingerprint density at radius 3 is 2.00 bits per heavy atom. The van der Waals surface area contributed by atoms with Crippen LogP contribution in [-0.4, -0.2) is 30.8 Å². The van der Waals surface area contributed by atoms with Crippen molar-refractivity contribution in [3.63, 3.8) is 0 Å². The quantitative estimate of drug-likeness (QED) is 0.172. The third-order valence-electron chi connectivity index (χ3n) is 0.709. The van der Waals surface area contributed by atoms with Crippen LogP contribution in [-0.2, 0) is 0 Å². The van der Waals surface area contributed by atoms with Gasteiger partial charge in [0.15, 0.2) is 11.7 Å². The van der Waals surface area contributed by atoms with Gasteiger partial charge in [0.05, 0.1) is 0 Å². The molecule has 0 aromatic carbocycles. The third kappa shape index (κ3) is 2.75. The van der Waals surface area contributed by atoms with E-state index in [-0.39, 0.29) is 11.7 Å². The summed E-state index contributed by atoms with van der Waals surface area (Å²) in [5.41, 5.74) is 10.5. The topological polar surface area (TPSA) is 106 Å². The fourth-order valence-electron chi connectivity index (χ4n) is 0.333. The van der Waals surface area contributed by atoms with Crippen molar-refractivity contribution in [3.8, 4) is 0 Å². The maximum absolute atomic E-state index is 5.30. The van der Waals surface area contributed by atoms with Crippen molar-refractivity contribution in [1.29, 1.82) is 0 Å². The molecule has 58 valence electrons.